The van der Waals surface area contributed by atoms with Gasteiger partial charge in [0, 0.05) is 23.2 Å². The first kappa shape index (κ1) is 14.4. The molecule has 0 fully saturated rings. The standard InChI is InChI=1S/C12H16N2OS.ClH/c1-8(6-13)14-12(15)10-7-16-11-5-3-2-4-9(10)11;/h2-5,8,10H,6-7,13H2,1H3,(H,14,15);1H/t8-,10?;/m0./s1. The number of rotatable bonds is 3. The predicted molar refractivity (Wildman–Crippen MR) is 73.8 cm³/mol. The zero-order chi connectivity index (χ0) is 11.5. The van der Waals surface area contributed by atoms with Gasteiger partial charge in [0.15, 0.2) is 0 Å². The molecule has 5 heteroatoms. The summed E-state index contributed by atoms with van der Waals surface area (Å²) in [6, 6.07) is 8.14. The molecule has 3 N–H and O–H groups in total. The molecule has 0 saturated heterocycles. The first-order chi connectivity index (χ1) is 7.72. The minimum absolute atomic E-state index is 0. The highest BCUT2D eigenvalue weighted by atomic mass is 35.5. The Hall–Kier alpha value is -0.710. The van der Waals surface area contributed by atoms with E-state index in [2.05, 4.69) is 11.4 Å². The van der Waals surface area contributed by atoms with E-state index in [1.807, 2.05) is 25.1 Å². The second-order valence-electron chi connectivity index (χ2n) is 4.05. The van der Waals surface area contributed by atoms with E-state index in [4.69, 9.17) is 5.73 Å². The van der Waals surface area contributed by atoms with Crippen LogP contribution in [-0.4, -0.2) is 24.2 Å². The molecule has 2 rings (SSSR count). The highest BCUT2D eigenvalue weighted by Gasteiger charge is 2.29. The van der Waals surface area contributed by atoms with Gasteiger partial charge in [0.05, 0.1) is 5.92 Å². The Morgan fingerprint density at radius 2 is 2.29 bits per heavy atom. The molecule has 17 heavy (non-hydrogen) atoms. The van der Waals surface area contributed by atoms with Crippen molar-refractivity contribution in [2.45, 2.75) is 23.8 Å². The lowest BCUT2D eigenvalue weighted by atomic mass is 10.0. The third kappa shape index (κ3) is 3.15. The number of nitrogens with one attached hydrogen (secondary N) is 1. The molecule has 1 aromatic carbocycles. The first-order valence-electron chi connectivity index (χ1n) is 5.44. The van der Waals surface area contributed by atoms with Crippen molar-refractivity contribution in [3.8, 4) is 0 Å². The lowest BCUT2D eigenvalue weighted by molar-refractivity contribution is -0.122. The SMILES string of the molecule is C[C@@H](CN)NC(=O)C1CSc2ccccc21.Cl. The van der Waals surface area contributed by atoms with E-state index in [9.17, 15) is 4.79 Å². The van der Waals surface area contributed by atoms with Crippen LogP contribution in [0.3, 0.4) is 0 Å². The molecular formula is C12H17ClN2OS. The quantitative estimate of drug-likeness (QED) is 0.882. The third-order valence-electron chi connectivity index (χ3n) is 2.76. The molecule has 1 heterocycles. The average Bonchev–Trinajstić information content (AvgIpc) is 2.72. The molecule has 0 spiro atoms. The van der Waals surface area contributed by atoms with E-state index in [1.54, 1.807) is 11.8 Å². The number of hydrogen-bond acceptors (Lipinski definition) is 3. The number of halogens is 1. The van der Waals surface area contributed by atoms with Crippen molar-refractivity contribution in [2.75, 3.05) is 12.3 Å². The lowest BCUT2D eigenvalue weighted by Crippen LogP contribution is -2.40. The van der Waals surface area contributed by atoms with Crippen LogP contribution in [0.1, 0.15) is 18.4 Å². The van der Waals surface area contributed by atoms with Crippen molar-refractivity contribution < 1.29 is 4.79 Å². The second-order valence-corrected chi connectivity index (χ2v) is 5.11. The van der Waals surface area contributed by atoms with Crippen LogP contribution >= 0.6 is 24.2 Å². The molecule has 94 valence electrons. The van der Waals surface area contributed by atoms with Crippen LogP contribution in [0.2, 0.25) is 0 Å². The normalized spacial score (nSPS) is 19.1. The highest BCUT2D eigenvalue weighted by molar-refractivity contribution is 7.99. The van der Waals surface area contributed by atoms with Gasteiger partial charge in [0.1, 0.15) is 0 Å². The summed E-state index contributed by atoms with van der Waals surface area (Å²) < 4.78 is 0. The fraction of sp³-hybridized carbons (Fsp3) is 0.417. The van der Waals surface area contributed by atoms with Gasteiger partial charge >= 0.3 is 0 Å². The zero-order valence-corrected chi connectivity index (χ0v) is 11.3. The van der Waals surface area contributed by atoms with Crippen LogP contribution in [0.15, 0.2) is 29.2 Å². The molecule has 0 aromatic heterocycles. The number of amides is 1. The molecule has 0 saturated carbocycles. The van der Waals surface area contributed by atoms with Crippen molar-refractivity contribution in [1.82, 2.24) is 5.32 Å². The fourth-order valence-corrected chi connectivity index (χ4v) is 3.01. The molecule has 0 aliphatic carbocycles. The molecular weight excluding hydrogens is 256 g/mol. The van der Waals surface area contributed by atoms with E-state index in [-0.39, 0.29) is 30.3 Å². The topological polar surface area (TPSA) is 55.1 Å². The Balaban J connectivity index is 0.00000144. The minimum Gasteiger partial charge on any atom is -0.352 e. The number of hydrogen-bond donors (Lipinski definition) is 2. The van der Waals surface area contributed by atoms with Crippen molar-refractivity contribution in [3.63, 3.8) is 0 Å². The number of thioether (sulfide) groups is 1. The fourth-order valence-electron chi connectivity index (χ4n) is 1.78. The smallest absolute Gasteiger partial charge is 0.228 e. The van der Waals surface area contributed by atoms with E-state index in [0.717, 1.165) is 11.3 Å². The summed E-state index contributed by atoms with van der Waals surface area (Å²) in [4.78, 5) is 13.2. The summed E-state index contributed by atoms with van der Waals surface area (Å²) in [7, 11) is 0. The maximum Gasteiger partial charge on any atom is 0.228 e. The monoisotopic (exact) mass is 272 g/mol. The van der Waals surface area contributed by atoms with Gasteiger partial charge in [0.2, 0.25) is 5.91 Å². The Bertz CT molecular complexity index is 400. The Kier molecular flexibility index (Phi) is 5.31. The number of nitrogens with two attached hydrogens (primary N) is 1. The van der Waals surface area contributed by atoms with Gasteiger partial charge in [-0.3, -0.25) is 4.79 Å². The van der Waals surface area contributed by atoms with Crippen molar-refractivity contribution >= 4 is 30.1 Å². The van der Waals surface area contributed by atoms with Crippen molar-refractivity contribution in [3.05, 3.63) is 29.8 Å². The van der Waals surface area contributed by atoms with Gasteiger partial charge in [0.25, 0.3) is 0 Å². The Morgan fingerprint density at radius 1 is 1.59 bits per heavy atom. The summed E-state index contributed by atoms with van der Waals surface area (Å²) in [6.45, 7) is 2.40. The largest absolute Gasteiger partial charge is 0.352 e. The van der Waals surface area contributed by atoms with E-state index < -0.39 is 0 Å². The minimum atomic E-state index is -0.0183. The van der Waals surface area contributed by atoms with Crippen LogP contribution in [0.4, 0.5) is 0 Å². The molecule has 1 amide bonds. The Labute approximate surface area is 112 Å². The van der Waals surface area contributed by atoms with Crippen LogP contribution in [0.25, 0.3) is 0 Å². The van der Waals surface area contributed by atoms with Gasteiger partial charge in [-0.05, 0) is 18.6 Å². The molecule has 1 aliphatic heterocycles. The number of carbonyl (C=O) groups excluding carboxylic acids is 1. The first-order valence-corrected chi connectivity index (χ1v) is 6.43. The molecule has 0 radical (unpaired) electrons. The second kappa shape index (κ2) is 6.28. The van der Waals surface area contributed by atoms with Gasteiger partial charge in [-0.25, -0.2) is 0 Å². The molecule has 1 unspecified atom stereocenters. The van der Waals surface area contributed by atoms with Crippen LogP contribution in [-0.2, 0) is 4.79 Å². The predicted octanol–water partition coefficient (Wildman–Crippen LogP) is 1.76. The maximum atomic E-state index is 12.0. The van der Waals surface area contributed by atoms with Gasteiger partial charge in [-0.15, -0.1) is 24.2 Å². The van der Waals surface area contributed by atoms with Crippen LogP contribution in [0, 0.1) is 0 Å². The summed E-state index contributed by atoms with van der Waals surface area (Å²) in [5.41, 5.74) is 6.64. The van der Waals surface area contributed by atoms with E-state index >= 15 is 0 Å². The maximum absolute atomic E-state index is 12.0. The molecule has 0 bridgehead atoms. The van der Waals surface area contributed by atoms with Crippen LogP contribution in [0.5, 0.6) is 0 Å². The summed E-state index contributed by atoms with van der Waals surface area (Å²) >= 11 is 1.75. The van der Waals surface area contributed by atoms with Gasteiger partial charge < -0.3 is 11.1 Å². The molecule has 2 atom stereocenters. The average molecular weight is 273 g/mol. The Morgan fingerprint density at radius 3 is 3.00 bits per heavy atom. The number of carbonyl (C=O) groups is 1. The number of fused-ring (bicyclic) bond motifs is 1. The van der Waals surface area contributed by atoms with Crippen molar-refractivity contribution in [2.24, 2.45) is 5.73 Å². The number of benzene rings is 1. The third-order valence-corrected chi connectivity index (χ3v) is 3.94. The van der Waals surface area contributed by atoms with Gasteiger partial charge in [-0.2, -0.15) is 0 Å². The molecule has 3 nitrogen and oxygen atoms in total. The lowest BCUT2D eigenvalue weighted by Gasteiger charge is -2.15. The molecule has 1 aromatic rings. The highest BCUT2D eigenvalue weighted by Crippen LogP contribution is 2.39. The molecule has 1 aliphatic rings. The summed E-state index contributed by atoms with van der Waals surface area (Å²) in [5.74, 6) is 0.910. The van der Waals surface area contributed by atoms with Crippen LogP contribution < -0.4 is 11.1 Å². The zero-order valence-electron chi connectivity index (χ0n) is 9.68. The van der Waals surface area contributed by atoms with E-state index in [1.165, 1.54) is 4.90 Å². The summed E-state index contributed by atoms with van der Waals surface area (Å²) in [5, 5.41) is 2.94. The van der Waals surface area contributed by atoms with Gasteiger partial charge in [-0.1, -0.05) is 18.2 Å². The summed E-state index contributed by atoms with van der Waals surface area (Å²) in [6.07, 6.45) is 0. The van der Waals surface area contributed by atoms with Crippen molar-refractivity contribution in [1.29, 1.82) is 0 Å². The van der Waals surface area contributed by atoms with E-state index in [0.29, 0.717) is 6.54 Å².